The zero-order chi connectivity index (χ0) is 13.6. The molecular weight excluding hydrogens is 356 g/mol. The van der Waals surface area contributed by atoms with Crippen LogP contribution in [0.3, 0.4) is 0 Å². The Bertz CT molecular complexity index is 765. The lowest BCUT2D eigenvalue weighted by molar-refractivity contribution is 0.629. The zero-order valence-electron chi connectivity index (χ0n) is 9.24. The summed E-state index contributed by atoms with van der Waals surface area (Å²) in [6.45, 7) is 0. The fraction of sp³-hybridized carbons (Fsp3) is 0. The van der Waals surface area contributed by atoms with E-state index in [9.17, 15) is 4.39 Å². The third-order valence-corrected chi connectivity index (χ3v) is 3.62. The Hall–Kier alpha value is -1.17. The summed E-state index contributed by atoms with van der Waals surface area (Å²) in [5, 5.41) is 5.56. The fourth-order valence-electron chi connectivity index (χ4n) is 1.78. The molecule has 19 heavy (non-hydrogen) atoms. The summed E-state index contributed by atoms with van der Waals surface area (Å²) in [6.07, 6.45) is 4.28. The topological polar surface area (TPSA) is 30.7 Å². The normalized spacial score (nSPS) is 11.2. The van der Waals surface area contributed by atoms with Gasteiger partial charge in [-0.25, -0.2) is 9.07 Å². The van der Waals surface area contributed by atoms with Gasteiger partial charge in [0, 0.05) is 22.3 Å². The van der Waals surface area contributed by atoms with Crippen molar-refractivity contribution in [2.75, 3.05) is 0 Å². The van der Waals surface area contributed by atoms with Gasteiger partial charge < -0.3 is 0 Å². The lowest BCUT2D eigenvalue weighted by Gasteiger charge is -2.07. The van der Waals surface area contributed by atoms with Gasteiger partial charge in [-0.05, 0) is 12.1 Å². The van der Waals surface area contributed by atoms with Gasteiger partial charge >= 0.3 is 0 Å². The van der Waals surface area contributed by atoms with Crippen molar-refractivity contribution < 1.29 is 4.39 Å². The Morgan fingerprint density at radius 3 is 2.47 bits per heavy atom. The SMILES string of the molecule is Fc1cncc2cn(-c3c(Cl)cc(Br)cc3Cl)nc12. The minimum atomic E-state index is -0.486. The number of halogens is 4. The molecule has 1 aromatic carbocycles. The van der Waals surface area contributed by atoms with Gasteiger partial charge in [0.15, 0.2) is 5.82 Å². The van der Waals surface area contributed by atoms with Crippen LogP contribution in [0.5, 0.6) is 0 Å². The van der Waals surface area contributed by atoms with Gasteiger partial charge in [-0.3, -0.25) is 4.98 Å². The van der Waals surface area contributed by atoms with Crippen molar-refractivity contribution in [3.63, 3.8) is 0 Å². The summed E-state index contributed by atoms with van der Waals surface area (Å²) < 4.78 is 15.8. The molecule has 0 saturated heterocycles. The average Bonchev–Trinajstić information content (AvgIpc) is 2.72. The van der Waals surface area contributed by atoms with E-state index in [0.717, 1.165) is 10.7 Å². The number of hydrogen-bond donors (Lipinski definition) is 0. The van der Waals surface area contributed by atoms with Crippen LogP contribution in [0.2, 0.25) is 10.0 Å². The molecule has 2 aromatic heterocycles. The molecule has 0 aliphatic carbocycles. The molecule has 0 spiro atoms. The highest BCUT2D eigenvalue weighted by atomic mass is 79.9. The van der Waals surface area contributed by atoms with E-state index in [-0.39, 0.29) is 5.52 Å². The van der Waals surface area contributed by atoms with Crippen molar-refractivity contribution in [1.29, 1.82) is 0 Å². The van der Waals surface area contributed by atoms with Gasteiger partial charge in [0.25, 0.3) is 0 Å². The number of fused-ring (bicyclic) bond motifs is 1. The molecule has 0 aliphatic rings. The Morgan fingerprint density at radius 2 is 1.84 bits per heavy atom. The minimum Gasteiger partial charge on any atom is -0.261 e. The largest absolute Gasteiger partial charge is 0.261 e. The highest BCUT2D eigenvalue weighted by Crippen LogP contribution is 2.32. The van der Waals surface area contributed by atoms with Gasteiger partial charge in [0.2, 0.25) is 0 Å². The van der Waals surface area contributed by atoms with Crippen molar-refractivity contribution >= 4 is 50.0 Å². The fourth-order valence-corrected chi connectivity index (χ4v) is 3.16. The summed E-state index contributed by atoms with van der Waals surface area (Å²) >= 11 is 15.6. The van der Waals surface area contributed by atoms with Gasteiger partial charge in [-0.2, -0.15) is 5.10 Å². The first-order valence-corrected chi connectivity index (χ1v) is 6.75. The molecule has 0 unspecified atom stereocenters. The predicted octanol–water partition coefficient (Wildman–Crippen LogP) is 4.63. The van der Waals surface area contributed by atoms with Crippen LogP contribution in [0, 0.1) is 5.82 Å². The second kappa shape index (κ2) is 4.74. The molecule has 96 valence electrons. The standard InChI is InChI=1S/C12H5BrCl2FN3/c13-7-1-8(14)12(9(15)2-7)19-5-6-3-17-4-10(16)11(6)18-19/h1-5H. The molecule has 3 aromatic rings. The van der Waals surface area contributed by atoms with E-state index in [1.165, 1.54) is 10.9 Å². The van der Waals surface area contributed by atoms with Crippen LogP contribution >= 0.6 is 39.1 Å². The molecule has 0 bridgehead atoms. The first kappa shape index (κ1) is 12.8. The third-order valence-electron chi connectivity index (χ3n) is 2.58. The molecule has 3 rings (SSSR count). The molecule has 0 aliphatic heterocycles. The molecular formula is C12H5BrCl2FN3. The lowest BCUT2D eigenvalue weighted by Crippen LogP contribution is -1.97. The molecule has 0 radical (unpaired) electrons. The van der Waals surface area contributed by atoms with Crippen LogP contribution in [-0.4, -0.2) is 14.8 Å². The molecule has 0 fully saturated rings. The quantitative estimate of drug-likeness (QED) is 0.633. The molecule has 0 amide bonds. The summed E-state index contributed by atoms with van der Waals surface area (Å²) in [5.74, 6) is -0.486. The van der Waals surface area contributed by atoms with E-state index in [1.807, 2.05) is 0 Å². The van der Waals surface area contributed by atoms with E-state index < -0.39 is 5.82 Å². The molecule has 2 heterocycles. The first-order valence-electron chi connectivity index (χ1n) is 5.20. The van der Waals surface area contributed by atoms with E-state index in [1.54, 1.807) is 18.3 Å². The van der Waals surface area contributed by atoms with Crippen molar-refractivity contribution in [2.24, 2.45) is 0 Å². The maximum atomic E-state index is 13.6. The van der Waals surface area contributed by atoms with E-state index in [0.29, 0.717) is 21.1 Å². The van der Waals surface area contributed by atoms with E-state index in [4.69, 9.17) is 23.2 Å². The third kappa shape index (κ3) is 2.22. The molecule has 0 atom stereocenters. The van der Waals surface area contributed by atoms with Gasteiger partial charge in [-0.15, -0.1) is 0 Å². The van der Waals surface area contributed by atoms with Crippen molar-refractivity contribution in [2.45, 2.75) is 0 Å². The average molecular weight is 361 g/mol. The Morgan fingerprint density at radius 1 is 1.16 bits per heavy atom. The van der Waals surface area contributed by atoms with Crippen LogP contribution in [-0.2, 0) is 0 Å². The maximum absolute atomic E-state index is 13.6. The van der Waals surface area contributed by atoms with Crippen LogP contribution in [0.15, 0.2) is 35.2 Å². The van der Waals surface area contributed by atoms with Gasteiger partial charge in [-0.1, -0.05) is 39.1 Å². The molecule has 0 N–H and O–H groups in total. The Balaban J connectivity index is 2.28. The predicted molar refractivity (Wildman–Crippen MR) is 76.5 cm³/mol. The molecule has 0 saturated carbocycles. The van der Waals surface area contributed by atoms with E-state index in [2.05, 4.69) is 26.0 Å². The van der Waals surface area contributed by atoms with Crippen molar-refractivity contribution in [3.05, 3.63) is 51.1 Å². The summed E-state index contributed by atoms with van der Waals surface area (Å²) in [4.78, 5) is 3.78. The smallest absolute Gasteiger partial charge is 0.169 e. The number of benzene rings is 1. The number of rotatable bonds is 1. The highest BCUT2D eigenvalue weighted by Gasteiger charge is 2.13. The van der Waals surface area contributed by atoms with Crippen molar-refractivity contribution in [1.82, 2.24) is 14.8 Å². The molecule has 7 heteroatoms. The van der Waals surface area contributed by atoms with Crippen LogP contribution in [0.4, 0.5) is 4.39 Å². The number of pyridine rings is 1. The maximum Gasteiger partial charge on any atom is 0.169 e. The minimum absolute atomic E-state index is 0.227. The first-order chi connectivity index (χ1) is 9.06. The Kier molecular flexibility index (Phi) is 3.20. The summed E-state index contributed by atoms with van der Waals surface area (Å²) in [7, 11) is 0. The number of aromatic nitrogens is 3. The monoisotopic (exact) mass is 359 g/mol. The summed E-state index contributed by atoms with van der Waals surface area (Å²) in [5.41, 5.74) is 0.729. The zero-order valence-corrected chi connectivity index (χ0v) is 12.3. The van der Waals surface area contributed by atoms with Gasteiger partial charge in [0.1, 0.15) is 11.2 Å². The van der Waals surface area contributed by atoms with Gasteiger partial charge in [0.05, 0.1) is 16.2 Å². The number of hydrogen-bond acceptors (Lipinski definition) is 2. The van der Waals surface area contributed by atoms with Crippen LogP contribution in [0.1, 0.15) is 0 Å². The van der Waals surface area contributed by atoms with Crippen molar-refractivity contribution in [3.8, 4) is 5.69 Å². The highest BCUT2D eigenvalue weighted by molar-refractivity contribution is 9.10. The second-order valence-electron chi connectivity index (χ2n) is 3.85. The second-order valence-corrected chi connectivity index (χ2v) is 5.58. The van der Waals surface area contributed by atoms with Crippen LogP contribution in [0.25, 0.3) is 16.6 Å². The van der Waals surface area contributed by atoms with Crippen LogP contribution < -0.4 is 0 Å². The summed E-state index contributed by atoms with van der Waals surface area (Å²) in [6, 6.07) is 3.40. The lowest BCUT2D eigenvalue weighted by atomic mass is 10.3. The molecule has 3 nitrogen and oxygen atoms in total. The van der Waals surface area contributed by atoms with E-state index >= 15 is 0 Å². The number of nitrogens with zero attached hydrogens (tertiary/aromatic N) is 3. The Labute approximate surface area is 126 Å².